The molecule has 0 saturated heterocycles. The Balaban J connectivity index is 1.44. The van der Waals surface area contributed by atoms with Gasteiger partial charge in [0.05, 0.1) is 22.7 Å². The number of aryl methyl sites for hydroxylation is 1. The molecule has 0 aliphatic carbocycles. The molecule has 0 spiro atoms. The van der Waals surface area contributed by atoms with Crippen LogP contribution in [0.15, 0.2) is 73.7 Å². The van der Waals surface area contributed by atoms with Crippen LogP contribution in [0.4, 0.5) is 5.69 Å². The lowest BCUT2D eigenvalue weighted by atomic mass is 10.3. The number of ether oxygens (including phenoxy) is 1. The summed E-state index contributed by atoms with van der Waals surface area (Å²) in [6.07, 6.45) is 0. The van der Waals surface area contributed by atoms with Gasteiger partial charge in [-0.15, -0.1) is 16.3 Å². The van der Waals surface area contributed by atoms with E-state index in [1.165, 1.54) is 43.1 Å². The fourth-order valence-electron chi connectivity index (χ4n) is 2.95. The van der Waals surface area contributed by atoms with E-state index >= 15 is 0 Å². The molecule has 8 nitrogen and oxygen atoms in total. The molecule has 0 fully saturated rings. The quantitative estimate of drug-likeness (QED) is 0.383. The minimum absolute atomic E-state index is 0.0315. The SMILES string of the molecule is COc1ccc(S(=O)(=O)Nc2ccc(SCc3cc(=O)n4oc(C)cc4n3)cc2)cc1Cl. The Bertz CT molecular complexity index is 1450. The van der Waals surface area contributed by atoms with Crippen molar-refractivity contribution in [2.45, 2.75) is 22.5 Å². The number of nitrogens with zero attached hydrogens (tertiary/aromatic N) is 2. The second-order valence-corrected chi connectivity index (χ2v) is 9.94. The number of hydrogen-bond donors (Lipinski definition) is 1. The number of thioether (sulfide) groups is 1. The minimum atomic E-state index is -3.81. The summed E-state index contributed by atoms with van der Waals surface area (Å²) in [5, 5.41) is 0.208. The zero-order valence-electron chi connectivity index (χ0n) is 17.0. The molecule has 2 heterocycles. The van der Waals surface area contributed by atoms with Crippen molar-refractivity contribution in [3.05, 3.63) is 81.4 Å². The standard InChI is InChI=1S/C21H18ClN3O5S2/c1-13-9-20-23-15(10-21(26)25(20)30-13)12-31-16-5-3-14(4-6-16)24-32(27,28)17-7-8-19(29-2)18(22)11-17/h3-11,24H,12H2,1-2H3. The smallest absolute Gasteiger partial charge is 0.287 e. The number of hydrogen-bond acceptors (Lipinski definition) is 7. The van der Waals surface area contributed by atoms with Gasteiger partial charge in [-0.25, -0.2) is 13.4 Å². The van der Waals surface area contributed by atoms with Gasteiger partial charge in [0.25, 0.3) is 15.6 Å². The van der Waals surface area contributed by atoms with Crippen LogP contribution in [0.2, 0.25) is 5.02 Å². The van der Waals surface area contributed by atoms with Crippen LogP contribution in [0, 0.1) is 6.92 Å². The predicted molar refractivity (Wildman–Crippen MR) is 123 cm³/mol. The second kappa shape index (κ2) is 8.89. The summed E-state index contributed by atoms with van der Waals surface area (Å²) in [4.78, 5) is 17.5. The summed E-state index contributed by atoms with van der Waals surface area (Å²) < 4.78 is 39.3. The van der Waals surface area contributed by atoms with Gasteiger partial charge >= 0.3 is 0 Å². The van der Waals surface area contributed by atoms with Crippen molar-refractivity contribution in [3.63, 3.8) is 0 Å². The van der Waals surface area contributed by atoms with Crippen LogP contribution < -0.4 is 15.0 Å². The van der Waals surface area contributed by atoms with E-state index in [1.54, 1.807) is 37.3 Å². The zero-order chi connectivity index (χ0) is 22.9. The van der Waals surface area contributed by atoms with Crippen LogP contribution in [0.3, 0.4) is 0 Å². The molecule has 2 aromatic heterocycles. The first kappa shape index (κ1) is 22.3. The van der Waals surface area contributed by atoms with E-state index in [1.807, 2.05) is 0 Å². The molecular weight excluding hydrogens is 474 g/mol. The van der Waals surface area contributed by atoms with Crippen LogP contribution in [-0.4, -0.2) is 25.1 Å². The fourth-order valence-corrected chi connectivity index (χ4v) is 5.15. The van der Waals surface area contributed by atoms with Crippen molar-refractivity contribution in [2.75, 3.05) is 11.8 Å². The molecule has 0 radical (unpaired) electrons. The number of nitrogens with one attached hydrogen (secondary N) is 1. The van der Waals surface area contributed by atoms with Crippen LogP contribution >= 0.6 is 23.4 Å². The van der Waals surface area contributed by atoms with Crippen LogP contribution in [0.25, 0.3) is 5.65 Å². The molecule has 2 aromatic carbocycles. The van der Waals surface area contributed by atoms with Gasteiger partial charge in [-0.3, -0.25) is 9.52 Å². The summed E-state index contributed by atoms with van der Waals surface area (Å²) in [7, 11) is -2.35. The molecule has 166 valence electrons. The van der Waals surface area contributed by atoms with E-state index in [2.05, 4.69) is 9.71 Å². The molecule has 0 saturated carbocycles. The highest BCUT2D eigenvalue weighted by molar-refractivity contribution is 7.98. The third kappa shape index (κ3) is 4.77. The highest BCUT2D eigenvalue weighted by Crippen LogP contribution is 2.29. The number of halogens is 1. The summed E-state index contributed by atoms with van der Waals surface area (Å²) in [6, 6.07) is 14.3. The lowest BCUT2D eigenvalue weighted by Crippen LogP contribution is -2.13. The van der Waals surface area contributed by atoms with Gasteiger partial charge in [0, 0.05) is 28.5 Å². The van der Waals surface area contributed by atoms with Gasteiger partial charge in [-0.2, -0.15) is 0 Å². The van der Waals surface area contributed by atoms with E-state index in [4.69, 9.17) is 20.9 Å². The van der Waals surface area contributed by atoms with Crippen molar-refractivity contribution in [1.29, 1.82) is 0 Å². The lowest BCUT2D eigenvalue weighted by molar-refractivity contribution is 0.344. The lowest BCUT2D eigenvalue weighted by Gasteiger charge is -2.10. The van der Waals surface area contributed by atoms with Crippen LogP contribution in [0.5, 0.6) is 5.75 Å². The molecular formula is C21H18ClN3O5S2. The molecule has 0 atom stereocenters. The van der Waals surface area contributed by atoms with Crippen molar-refractivity contribution in [2.24, 2.45) is 0 Å². The first-order valence-corrected chi connectivity index (χ1v) is 12.2. The topological polar surface area (TPSA) is 103 Å². The van der Waals surface area contributed by atoms with Crippen molar-refractivity contribution in [3.8, 4) is 5.75 Å². The molecule has 4 aromatic rings. The van der Waals surface area contributed by atoms with Gasteiger partial charge in [0.15, 0.2) is 5.65 Å². The summed E-state index contributed by atoms with van der Waals surface area (Å²) >= 11 is 7.51. The van der Waals surface area contributed by atoms with Crippen molar-refractivity contribution < 1.29 is 17.7 Å². The molecule has 0 aliphatic heterocycles. The number of fused-ring (bicyclic) bond motifs is 1. The van der Waals surface area contributed by atoms with E-state index in [0.717, 1.165) is 9.47 Å². The van der Waals surface area contributed by atoms with E-state index < -0.39 is 10.0 Å². The molecule has 0 amide bonds. The number of sulfonamides is 1. The average molecular weight is 492 g/mol. The Hall–Kier alpha value is -2.95. The maximum absolute atomic E-state index is 12.6. The summed E-state index contributed by atoms with van der Waals surface area (Å²) in [5.74, 6) is 1.48. The second-order valence-electron chi connectivity index (χ2n) is 6.80. The number of rotatable bonds is 7. The van der Waals surface area contributed by atoms with Crippen molar-refractivity contribution in [1.82, 2.24) is 9.56 Å². The molecule has 32 heavy (non-hydrogen) atoms. The summed E-state index contributed by atoms with van der Waals surface area (Å²) in [5.41, 5.74) is 1.23. The first-order valence-electron chi connectivity index (χ1n) is 9.34. The highest BCUT2D eigenvalue weighted by Gasteiger charge is 2.16. The fraction of sp³-hybridized carbons (Fsp3) is 0.143. The Morgan fingerprint density at radius 3 is 2.59 bits per heavy atom. The van der Waals surface area contributed by atoms with Gasteiger partial charge in [-0.1, -0.05) is 11.6 Å². The number of benzene rings is 2. The molecule has 0 unspecified atom stereocenters. The highest BCUT2D eigenvalue weighted by atomic mass is 35.5. The third-order valence-electron chi connectivity index (χ3n) is 4.45. The normalized spacial score (nSPS) is 11.6. The Morgan fingerprint density at radius 2 is 1.91 bits per heavy atom. The number of anilines is 1. The third-order valence-corrected chi connectivity index (χ3v) is 7.17. The van der Waals surface area contributed by atoms with E-state index in [0.29, 0.717) is 34.3 Å². The molecule has 0 bridgehead atoms. The monoisotopic (exact) mass is 491 g/mol. The minimum Gasteiger partial charge on any atom is -0.495 e. The van der Waals surface area contributed by atoms with Gasteiger partial charge in [-0.05, 0) is 49.4 Å². The Labute approximate surface area is 193 Å². The Morgan fingerprint density at radius 1 is 1.16 bits per heavy atom. The molecule has 4 rings (SSSR count). The number of aromatic nitrogens is 2. The average Bonchev–Trinajstić information content (AvgIpc) is 3.14. The zero-order valence-corrected chi connectivity index (χ0v) is 19.4. The largest absolute Gasteiger partial charge is 0.495 e. The number of methoxy groups -OCH3 is 1. The van der Waals surface area contributed by atoms with E-state index in [-0.39, 0.29) is 15.5 Å². The van der Waals surface area contributed by atoms with Crippen LogP contribution in [0.1, 0.15) is 11.5 Å². The first-order chi connectivity index (χ1) is 15.2. The predicted octanol–water partition coefficient (Wildman–Crippen LogP) is 4.35. The summed E-state index contributed by atoms with van der Waals surface area (Å²) in [6.45, 7) is 1.75. The van der Waals surface area contributed by atoms with Gasteiger partial charge in [0.1, 0.15) is 11.5 Å². The Kier molecular flexibility index (Phi) is 6.18. The van der Waals surface area contributed by atoms with Crippen LogP contribution in [-0.2, 0) is 15.8 Å². The van der Waals surface area contributed by atoms with Gasteiger partial charge < -0.3 is 9.26 Å². The molecule has 11 heteroatoms. The maximum atomic E-state index is 12.6. The van der Waals surface area contributed by atoms with Crippen molar-refractivity contribution >= 4 is 44.7 Å². The molecule has 1 N–H and O–H groups in total. The maximum Gasteiger partial charge on any atom is 0.287 e. The van der Waals surface area contributed by atoms with E-state index in [9.17, 15) is 13.2 Å². The molecule has 0 aliphatic rings. The van der Waals surface area contributed by atoms with Gasteiger partial charge in [0.2, 0.25) is 0 Å².